The molecule has 150 valence electrons. The van der Waals surface area contributed by atoms with Crippen LogP contribution in [0.15, 0.2) is 59.8 Å². The number of aromatic nitrogens is 3. The summed E-state index contributed by atoms with van der Waals surface area (Å²) in [5.74, 6) is -0.118. The molecule has 9 heteroatoms. The van der Waals surface area contributed by atoms with Crippen LogP contribution in [0.4, 0.5) is 0 Å². The van der Waals surface area contributed by atoms with Gasteiger partial charge in [-0.1, -0.05) is 53.7 Å². The van der Waals surface area contributed by atoms with Crippen LogP contribution in [0.5, 0.6) is 0 Å². The van der Waals surface area contributed by atoms with Crippen LogP contribution in [0.25, 0.3) is 17.1 Å². The number of hydrogen-bond donors (Lipinski definition) is 1. The number of rotatable bonds is 8. The number of esters is 1. The quantitative estimate of drug-likeness (QED) is 0.435. The van der Waals surface area contributed by atoms with Crippen molar-refractivity contribution < 1.29 is 14.3 Å². The van der Waals surface area contributed by atoms with E-state index in [4.69, 9.17) is 16.3 Å². The molecule has 3 aromatic rings. The van der Waals surface area contributed by atoms with Gasteiger partial charge in [-0.2, -0.15) is 0 Å². The van der Waals surface area contributed by atoms with Crippen LogP contribution in [-0.2, 0) is 14.3 Å². The highest BCUT2D eigenvalue weighted by Gasteiger charge is 2.19. The Balaban J connectivity index is 1.82. The fourth-order valence-corrected chi connectivity index (χ4v) is 3.56. The Morgan fingerprint density at radius 1 is 1.10 bits per heavy atom. The van der Waals surface area contributed by atoms with Crippen LogP contribution in [0.1, 0.15) is 6.92 Å². The largest absolute Gasteiger partial charge is 0.465 e. The van der Waals surface area contributed by atoms with Gasteiger partial charge in [0.2, 0.25) is 5.91 Å². The SMILES string of the molecule is CCOC(=O)CNC(=O)CSc1nnc(-c2ccccc2Cl)n1-c1ccccc1. The molecule has 0 saturated heterocycles. The number of carbonyl (C=O) groups excluding carboxylic acids is 2. The summed E-state index contributed by atoms with van der Waals surface area (Å²) in [6, 6.07) is 17.0. The number of halogens is 1. The summed E-state index contributed by atoms with van der Waals surface area (Å²) in [5, 5.41) is 12.2. The number of nitrogens with zero attached hydrogens (tertiary/aromatic N) is 3. The van der Waals surface area contributed by atoms with E-state index in [0.717, 1.165) is 11.3 Å². The Morgan fingerprint density at radius 3 is 2.55 bits per heavy atom. The van der Waals surface area contributed by atoms with Crippen molar-refractivity contribution in [2.24, 2.45) is 0 Å². The minimum Gasteiger partial charge on any atom is -0.465 e. The van der Waals surface area contributed by atoms with Gasteiger partial charge in [0.25, 0.3) is 0 Å². The first-order chi connectivity index (χ1) is 14.1. The van der Waals surface area contributed by atoms with E-state index >= 15 is 0 Å². The van der Waals surface area contributed by atoms with Gasteiger partial charge in [-0.05, 0) is 31.2 Å². The van der Waals surface area contributed by atoms with E-state index in [-0.39, 0.29) is 24.8 Å². The van der Waals surface area contributed by atoms with E-state index in [1.165, 1.54) is 11.8 Å². The van der Waals surface area contributed by atoms with Gasteiger partial charge < -0.3 is 10.1 Å². The molecule has 7 nitrogen and oxygen atoms in total. The average Bonchev–Trinajstić information content (AvgIpc) is 3.15. The maximum absolute atomic E-state index is 12.1. The van der Waals surface area contributed by atoms with Gasteiger partial charge in [-0.15, -0.1) is 10.2 Å². The lowest BCUT2D eigenvalue weighted by molar-refractivity contribution is -0.143. The van der Waals surface area contributed by atoms with Crippen LogP contribution >= 0.6 is 23.4 Å². The van der Waals surface area contributed by atoms with Crippen molar-refractivity contribution in [1.29, 1.82) is 0 Å². The number of carbonyl (C=O) groups is 2. The van der Waals surface area contributed by atoms with Gasteiger partial charge in [-0.3, -0.25) is 14.2 Å². The molecule has 1 aromatic heterocycles. The van der Waals surface area contributed by atoms with E-state index in [0.29, 0.717) is 16.0 Å². The highest BCUT2D eigenvalue weighted by atomic mass is 35.5. The fraction of sp³-hybridized carbons (Fsp3) is 0.200. The molecule has 1 N–H and O–H groups in total. The molecular weight excluding hydrogens is 412 g/mol. The number of hydrogen-bond acceptors (Lipinski definition) is 6. The Kier molecular flexibility index (Phi) is 7.26. The molecule has 0 aliphatic rings. The van der Waals surface area contributed by atoms with Gasteiger partial charge in [0.05, 0.1) is 17.4 Å². The summed E-state index contributed by atoms with van der Waals surface area (Å²) >= 11 is 7.57. The Labute approximate surface area is 177 Å². The van der Waals surface area contributed by atoms with Crippen molar-refractivity contribution >= 4 is 35.2 Å². The number of nitrogens with one attached hydrogen (secondary N) is 1. The number of ether oxygens (including phenoxy) is 1. The first-order valence-corrected chi connectivity index (χ1v) is 10.3. The zero-order valence-corrected chi connectivity index (χ0v) is 17.2. The van der Waals surface area contributed by atoms with Crippen molar-refractivity contribution in [3.05, 3.63) is 59.6 Å². The molecule has 1 amide bonds. The second-order valence-corrected chi connectivity index (χ2v) is 7.18. The smallest absolute Gasteiger partial charge is 0.325 e. The molecule has 0 atom stereocenters. The van der Waals surface area contributed by atoms with Gasteiger partial charge in [0, 0.05) is 11.3 Å². The summed E-state index contributed by atoms with van der Waals surface area (Å²) in [6.07, 6.45) is 0. The first-order valence-electron chi connectivity index (χ1n) is 8.91. The van der Waals surface area contributed by atoms with Crippen molar-refractivity contribution in [1.82, 2.24) is 20.1 Å². The summed E-state index contributed by atoms with van der Waals surface area (Å²) in [7, 11) is 0. The highest BCUT2D eigenvalue weighted by molar-refractivity contribution is 7.99. The van der Waals surface area contributed by atoms with Gasteiger partial charge in [-0.25, -0.2) is 0 Å². The second-order valence-electron chi connectivity index (χ2n) is 5.83. The second kappa shape index (κ2) is 10.1. The molecule has 0 saturated carbocycles. The number of para-hydroxylation sites is 1. The predicted octanol–water partition coefficient (Wildman–Crippen LogP) is 3.36. The molecule has 0 aliphatic heterocycles. The van der Waals surface area contributed by atoms with Crippen molar-refractivity contribution in [3.8, 4) is 17.1 Å². The summed E-state index contributed by atoms with van der Waals surface area (Å²) in [5.41, 5.74) is 1.59. The zero-order chi connectivity index (χ0) is 20.6. The summed E-state index contributed by atoms with van der Waals surface area (Å²) in [4.78, 5) is 23.5. The van der Waals surface area contributed by atoms with E-state index in [2.05, 4.69) is 15.5 Å². The standard InChI is InChI=1S/C20H19ClN4O3S/c1-2-28-18(27)12-22-17(26)13-29-20-24-23-19(15-10-6-7-11-16(15)21)25(20)14-8-4-3-5-9-14/h3-11H,2,12-13H2,1H3,(H,22,26). The topological polar surface area (TPSA) is 86.1 Å². The predicted molar refractivity (Wildman–Crippen MR) is 112 cm³/mol. The number of benzene rings is 2. The van der Waals surface area contributed by atoms with Gasteiger partial charge >= 0.3 is 5.97 Å². The maximum atomic E-state index is 12.1. The van der Waals surface area contributed by atoms with Crippen LogP contribution in [-0.4, -0.2) is 45.5 Å². The number of amides is 1. The molecule has 3 rings (SSSR count). The summed E-state index contributed by atoms with van der Waals surface area (Å²) < 4.78 is 6.65. The average molecular weight is 431 g/mol. The third-order valence-corrected chi connectivity index (χ3v) is 5.09. The van der Waals surface area contributed by atoms with Crippen LogP contribution in [0.3, 0.4) is 0 Å². The molecule has 1 heterocycles. The fourth-order valence-electron chi connectivity index (χ4n) is 2.55. The molecule has 0 radical (unpaired) electrons. The molecule has 0 unspecified atom stereocenters. The minimum absolute atomic E-state index is 0.0763. The van der Waals surface area contributed by atoms with Crippen molar-refractivity contribution in [3.63, 3.8) is 0 Å². The molecule has 0 spiro atoms. The Bertz CT molecular complexity index is 994. The molecule has 0 aliphatic carbocycles. The van der Waals surface area contributed by atoms with E-state index in [1.807, 2.05) is 53.1 Å². The minimum atomic E-state index is -0.473. The van der Waals surface area contributed by atoms with Crippen molar-refractivity contribution in [2.75, 3.05) is 18.9 Å². The zero-order valence-electron chi connectivity index (χ0n) is 15.7. The monoisotopic (exact) mass is 430 g/mol. The van der Waals surface area contributed by atoms with Gasteiger partial charge in [0.15, 0.2) is 11.0 Å². The van der Waals surface area contributed by atoms with E-state index < -0.39 is 5.97 Å². The lowest BCUT2D eigenvalue weighted by atomic mass is 10.2. The van der Waals surface area contributed by atoms with Crippen LogP contribution < -0.4 is 5.32 Å². The van der Waals surface area contributed by atoms with E-state index in [1.54, 1.807) is 13.0 Å². The molecule has 0 fully saturated rings. The molecule has 29 heavy (non-hydrogen) atoms. The first kappa shape index (κ1) is 20.9. The lowest BCUT2D eigenvalue weighted by Gasteiger charge is -2.11. The Hall–Kier alpha value is -2.84. The van der Waals surface area contributed by atoms with Gasteiger partial charge in [0.1, 0.15) is 6.54 Å². The lowest BCUT2D eigenvalue weighted by Crippen LogP contribution is -2.31. The Morgan fingerprint density at radius 2 is 1.83 bits per heavy atom. The molecule has 2 aromatic carbocycles. The summed E-state index contributed by atoms with van der Waals surface area (Å²) in [6.45, 7) is 1.82. The third-order valence-electron chi connectivity index (χ3n) is 3.83. The molecular formula is C20H19ClN4O3S. The normalized spacial score (nSPS) is 10.6. The highest BCUT2D eigenvalue weighted by Crippen LogP contribution is 2.31. The van der Waals surface area contributed by atoms with E-state index in [9.17, 15) is 9.59 Å². The van der Waals surface area contributed by atoms with Crippen LogP contribution in [0.2, 0.25) is 5.02 Å². The molecule has 0 bridgehead atoms. The van der Waals surface area contributed by atoms with Crippen molar-refractivity contribution in [2.45, 2.75) is 12.1 Å². The van der Waals surface area contributed by atoms with Crippen LogP contribution in [0, 0.1) is 0 Å². The maximum Gasteiger partial charge on any atom is 0.325 e. The number of thioether (sulfide) groups is 1. The third kappa shape index (κ3) is 5.36.